The lowest BCUT2D eigenvalue weighted by molar-refractivity contribution is -0.124. The van der Waals surface area contributed by atoms with Gasteiger partial charge < -0.3 is 9.26 Å². The van der Waals surface area contributed by atoms with Crippen LogP contribution in [0, 0.1) is 6.92 Å². The molecule has 0 unspecified atom stereocenters. The highest BCUT2D eigenvalue weighted by Gasteiger charge is 2.31. The summed E-state index contributed by atoms with van der Waals surface area (Å²) in [7, 11) is 0. The lowest BCUT2D eigenvalue weighted by atomic mass is 10.2. The smallest absolute Gasteiger partial charge is 0.243 e. The van der Waals surface area contributed by atoms with E-state index in [1.165, 1.54) is 0 Å². The predicted molar refractivity (Wildman–Crippen MR) is 90.1 cm³/mol. The summed E-state index contributed by atoms with van der Waals surface area (Å²) in [6, 6.07) is 1.36. The molecule has 1 fully saturated rings. The summed E-state index contributed by atoms with van der Waals surface area (Å²) < 4.78 is 10.8. The van der Waals surface area contributed by atoms with Crippen LogP contribution in [0.2, 0.25) is 0 Å². The summed E-state index contributed by atoms with van der Waals surface area (Å²) in [5.74, 6) is 1.93. The number of nitrogens with zero attached hydrogens (tertiary/aromatic N) is 4. The van der Waals surface area contributed by atoms with Crippen LogP contribution in [0.15, 0.2) is 10.6 Å². The van der Waals surface area contributed by atoms with Gasteiger partial charge in [0.2, 0.25) is 11.8 Å². The summed E-state index contributed by atoms with van der Waals surface area (Å²) >= 11 is 0. The molecule has 25 heavy (non-hydrogen) atoms. The molecule has 1 aliphatic heterocycles. The molecule has 0 aromatic carbocycles. The fourth-order valence-electron chi connectivity index (χ4n) is 2.69. The Hall–Kier alpha value is -2.26. The van der Waals surface area contributed by atoms with Crippen LogP contribution < -0.4 is 5.32 Å². The molecule has 2 aromatic rings. The van der Waals surface area contributed by atoms with Crippen LogP contribution >= 0.6 is 0 Å². The molecule has 0 saturated carbocycles. The number of H-pyrrole nitrogens is 1. The van der Waals surface area contributed by atoms with Crippen molar-refractivity contribution in [2.24, 2.45) is 0 Å². The molecule has 9 nitrogen and oxygen atoms in total. The third-order valence-electron chi connectivity index (χ3n) is 4.24. The Kier molecular flexibility index (Phi) is 5.14. The Morgan fingerprint density at radius 1 is 1.44 bits per heavy atom. The van der Waals surface area contributed by atoms with Crippen LogP contribution in [-0.4, -0.2) is 56.9 Å². The van der Waals surface area contributed by atoms with Crippen molar-refractivity contribution < 1.29 is 14.1 Å². The van der Waals surface area contributed by atoms with Crippen LogP contribution in [0.25, 0.3) is 0 Å². The second-order valence-corrected chi connectivity index (χ2v) is 6.59. The van der Waals surface area contributed by atoms with E-state index in [1.807, 2.05) is 20.8 Å². The second kappa shape index (κ2) is 7.32. The lowest BCUT2D eigenvalue weighted by Gasteiger charge is -2.35. The van der Waals surface area contributed by atoms with Crippen molar-refractivity contribution in [2.75, 3.05) is 25.0 Å². The molecule has 0 spiro atoms. The van der Waals surface area contributed by atoms with Gasteiger partial charge in [-0.3, -0.25) is 20.1 Å². The number of rotatable bonds is 5. The average molecular weight is 348 g/mol. The lowest BCUT2D eigenvalue weighted by Crippen LogP contribution is -2.48. The molecular formula is C16H24N6O3. The second-order valence-electron chi connectivity index (χ2n) is 6.59. The first-order valence-corrected chi connectivity index (χ1v) is 8.46. The van der Waals surface area contributed by atoms with Gasteiger partial charge in [0.25, 0.3) is 0 Å². The van der Waals surface area contributed by atoms with E-state index in [0.29, 0.717) is 31.4 Å². The van der Waals surface area contributed by atoms with Crippen LogP contribution in [0.5, 0.6) is 0 Å². The number of morpholine rings is 1. The number of aromatic nitrogens is 4. The van der Waals surface area contributed by atoms with Crippen molar-refractivity contribution in [3.8, 4) is 0 Å². The number of ether oxygens (including phenoxy) is 1. The zero-order valence-corrected chi connectivity index (χ0v) is 14.9. The minimum atomic E-state index is -0.329. The number of aryl methyl sites for hydroxylation is 1. The maximum Gasteiger partial charge on any atom is 0.243 e. The van der Waals surface area contributed by atoms with E-state index in [4.69, 9.17) is 9.26 Å². The fourth-order valence-corrected chi connectivity index (χ4v) is 2.69. The maximum absolute atomic E-state index is 12.4. The Balaban J connectivity index is 1.62. The molecule has 0 aliphatic carbocycles. The molecule has 2 N–H and O–H groups in total. The zero-order chi connectivity index (χ0) is 18.0. The highest BCUT2D eigenvalue weighted by atomic mass is 16.5. The van der Waals surface area contributed by atoms with Gasteiger partial charge in [-0.05, 0) is 13.8 Å². The summed E-state index contributed by atoms with van der Waals surface area (Å²) in [6.45, 7) is 9.51. The Morgan fingerprint density at radius 2 is 2.24 bits per heavy atom. The predicted octanol–water partition coefficient (Wildman–Crippen LogP) is 1.63. The van der Waals surface area contributed by atoms with Gasteiger partial charge in [-0.2, -0.15) is 5.10 Å². The number of anilines is 1. The first kappa shape index (κ1) is 17.6. The van der Waals surface area contributed by atoms with Crippen LogP contribution in [0.1, 0.15) is 50.1 Å². The van der Waals surface area contributed by atoms with Crippen molar-refractivity contribution in [3.63, 3.8) is 0 Å². The van der Waals surface area contributed by atoms with Gasteiger partial charge in [-0.25, -0.2) is 4.98 Å². The summed E-state index contributed by atoms with van der Waals surface area (Å²) in [5.41, 5.74) is 0.723. The highest BCUT2D eigenvalue weighted by molar-refractivity contribution is 5.93. The number of aromatic amines is 1. The van der Waals surface area contributed by atoms with E-state index in [9.17, 15) is 4.79 Å². The van der Waals surface area contributed by atoms with Crippen LogP contribution in [-0.2, 0) is 9.53 Å². The van der Waals surface area contributed by atoms with Gasteiger partial charge in [-0.15, -0.1) is 0 Å². The SMILES string of the molecule is Cc1cc(NC(=O)[C@H](C)N2CCO[C@H](c3nc(C(C)C)n[nH]3)C2)on1. The molecule has 1 amide bonds. The van der Waals surface area contributed by atoms with Gasteiger partial charge >= 0.3 is 0 Å². The van der Waals surface area contributed by atoms with Gasteiger partial charge in [-0.1, -0.05) is 19.0 Å². The Morgan fingerprint density at radius 3 is 2.88 bits per heavy atom. The third kappa shape index (κ3) is 4.05. The standard InChI is InChI=1S/C16H24N6O3/c1-9(2)14-18-15(20-19-14)12-8-22(5-6-24-12)11(4)16(23)17-13-7-10(3)21-25-13/h7,9,11-12H,5-6,8H2,1-4H3,(H,17,23)(H,18,19,20)/t11-,12-/m0/s1. The molecule has 2 atom stereocenters. The minimum absolute atomic E-state index is 0.141. The van der Waals surface area contributed by atoms with Crippen LogP contribution in [0.3, 0.4) is 0 Å². The highest BCUT2D eigenvalue weighted by Crippen LogP contribution is 2.22. The summed E-state index contributed by atoms with van der Waals surface area (Å²) in [5, 5.41) is 13.7. The first-order chi connectivity index (χ1) is 11.9. The monoisotopic (exact) mass is 348 g/mol. The summed E-state index contributed by atoms with van der Waals surface area (Å²) in [4.78, 5) is 19.0. The molecule has 0 bridgehead atoms. The first-order valence-electron chi connectivity index (χ1n) is 8.46. The van der Waals surface area contributed by atoms with Gasteiger partial charge in [0.15, 0.2) is 11.6 Å². The Bertz CT molecular complexity index is 725. The fraction of sp³-hybridized carbons (Fsp3) is 0.625. The quantitative estimate of drug-likeness (QED) is 0.845. The molecule has 9 heteroatoms. The molecule has 136 valence electrons. The third-order valence-corrected chi connectivity index (χ3v) is 4.24. The van der Waals surface area contributed by atoms with E-state index in [1.54, 1.807) is 13.0 Å². The molecule has 3 rings (SSSR count). The molecular weight excluding hydrogens is 324 g/mol. The van der Waals surface area contributed by atoms with Crippen molar-refractivity contribution >= 4 is 11.8 Å². The number of carbonyl (C=O) groups is 1. The molecule has 1 saturated heterocycles. The number of carbonyl (C=O) groups excluding carboxylic acids is 1. The van der Waals surface area contributed by atoms with E-state index in [-0.39, 0.29) is 24.0 Å². The van der Waals surface area contributed by atoms with Gasteiger partial charge in [0.05, 0.1) is 18.3 Å². The zero-order valence-electron chi connectivity index (χ0n) is 14.9. The van der Waals surface area contributed by atoms with Crippen molar-refractivity contribution in [1.29, 1.82) is 0 Å². The number of hydrogen-bond donors (Lipinski definition) is 2. The molecule has 3 heterocycles. The topological polar surface area (TPSA) is 109 Å². The van der Waals surface area contributed by atoms with E-state index in [0.717, 1.165) is 11.5 Å². The molecule has 0 radical (unpaired) electrons. The molecule has 1 aliphatic rings. The average Bonchev–Trinajstić information content (AvgIpc) is 3.23. The van der Waals surface area contributed by atoms with E-state index in [2.05, 4.69) is 30.6 Å². The van der Waals surface area contributed by atoms with Crippen LogP contribution in [0.4, 0.5) is 5.88 Å². The normalized spacial score (nSPS) is 20.0. The largest absolute Gasteiger partial charge is 0.368 e. The van der Waals surface area contributed by atoms with E-state index >= 15 is 0 Å². The number of nitrogens with one attached hydrogen (secondary N) is 2. The Labute approximate surface area is 146 Å². The van der Waals surface area contributed by atoms with Gasteiger partial charge in [0, 0.05) is 25.1 Å². The summed E-state index contributed by atoms with van der Waals surface area (Å²) in [6.07, 6.45) is -0.225. The van der Waals surface area contributed by atoms with Crippen molar-refractivity contribution in [2.45, 2.75) is 45.8 Å². The van der Waals surface area contributed by atoms with E-state index < -0.39 is 0 Å². The minimum Gasteiger partial charge on any atom is -0.368 e. The van der Waals surface area contributed by atoms with Crippen molar-refractivity contribution in [1.82, 2.24) is 25.2 Å². The molecule has 2 aromatic heterocycles. The van der Waals surface area contributed by atoms with Gasteiger partial charge in [0.1, 0.15) is 6.10 Å². The number of hydrogen-bond acceptors (Lipinski definition) is 7. The number of amides is 1. The van der Waals surface area contributed by atoms with Crippen molar-refractivity contribution in [3.05, 3.63) is 23.4 Å². The maximum atomic E-state index is 12.4.